The summed E-state index contributed by atoms with van der Waals surface area (Å²) in [5, 5.41) is 7.38. The molecule has 0 bridgehead atoms. The number of nitrogens with zero attached hydrogens (tertiary/aromatic N) is 1. The van der Waals surface area contributed by atoms with Crippen LogP contribution in [0.15, 0.2) is 42.5 Å². The number of nitrogens with one attached hydrogen (secondary N) is 3. The number of benzene rings is 2. The number of aryl methyl sites for hydroxylation is 3. The van der Waals surface area contributed by atoms with E-state index in [1.165, 1.54) is 27.7 Å². The van der Waals surface area contributed by atoms with Crippen LogP contribution in [0.1, 0.15) is 48.1 Å². The Kier molecular flexibility index (Phi) is 6.07. The van der Waals surface area contributed by atoms with E-state index in [0.717, 1.165) is 62.9 Å². The second-order valence-electron chi connectivity index (χ2n) is 9.45. The normalized spacial score (nSPS) is 17.7. The largest absolute Gasteiger partial charge is 0.358 e. The maximum Gasteiger partial charge on any atom is 0.319 e. The average Bonchev–Trinajstić information content (AvgIpc) is 3.47. The molecule has 3 aromatic rings. The van der Waals surface area contributed by atoms with Crippen LogP contribution in [0.5, 0.6) is 0 Å². The van der Waals surface area contributed by atoms with Crippen molar-refractivity contribution < 1.29 is 9.59 Å². The third kappa shape index (κ3) is 4.90. The highest BCUT2D eigenvalue weighted by atomic mass is 16.2. The van der Waals surface area contributed by atoms with Crippen LogP contribution in [0.25, 0.3) is 10.9 Å². The standard InChI is InChI=1S/C27H32N4O2/c1-18-4-11-24-22(16-18)23-17-21(10-12-25(23)30-24)29-27(33)28-20-8-5-19(6-9-20)7-13-26(32)31-14-2-3-15-31/h4-6,8-9,11,16,21,30H,2-3,7,10,12-15,17H2,1H3,(H2,28,29,33). The summed E-state index contributed by atoms with van der Waals surface area (Å²) in [4.78, 5) is 30.4. The van der Waals surface area contributed by atoms with Gasteiger partial charge >= 0.3 is 6.03 Å². The van der Waals surface area contributed by atoms with E-state index in [9.17, 15) is 9.59 Å². The Morgan fingerprint density at radius 2 is 1.88 bits per heavy atom. The smallest absolute Gasteiger partial charge is 0.319 e. The fourth-order valence-corrected chi connectivity index (χ4v) is 5.14. The molecule has 172 valence electrons. The molecular formula is C27H32N4O2. The summed E-state index contributed by atoms with van der Waals surface area (Å²) in [6.07, 6.45) is 6.24. The molecule has 6 nitrogen and oxygen atoms in total. The molecule has 5 rings (SSSR count). The highest BCUT2D eigenvalue weighted by Gasteiger charge is 2.24. The Hall–Kier alpha value is -3.28. The number of fused-ring (bicyclic) bond motifs is 3. The quantitative estimate of drug-likeness (QED) is 0.533. The van der Waals surface area contributed by atoms with Crippen molar-refractivity contribution in [3.05, 3.63) is 64.8 Å². The van der Waals surface area contributed by atoms with Gasteiger partial charge in [-0.15, -0.1) is 0 Å². The van der Waals surface area contributed by atoms with E-state index in [-0.39, 0.29) is 18.0 Å². The molecule has 33 heavy (non-hydrogen) atoms. The van der Waals surface area contributed by atoms with Crippen molar-refractivity contribution in [1.82, 2.24) is 15.2 Å². The second-order valence-corrected chi connectivity index (χ2v) is 9.45. The first-order chi connectivity index (χ1) is 16.0. The van der Waals surface area contributed by atoms with Crippen LogP contribution in [0.4, 0.5) is 10.5 Å². The van der Waals surface area contributed by atoms with Crippen molar-refractivity contribution >= 4 is 28.5 Å². The molecule has 6 heteroatoms. The first kappa shape index (κ1) is 21.6. The maximum atomic E-state index is 12.6. The fraction of sp³-hybridized carbons (Fsp3) is 0.407. The number of aromatic amines is 1. The van der Waals surface area contributed by atoms with Crippen molar-refractivity contribution in [3.63, 3.8) is 0 Å². The molecule has 3 N–H and O–H groups in total. The summed E-state index contributed by atoms with van der Waals surface area (Å²) in [6.45, 7) is 3.92. The van der Waals surface area contributed by atoms with Gasteiger partial charge in [0.25, 0.3) is 0 Å². The fourth-order valence-electron chi connectivity index (χ4n) is 5.14. The molecule has 2 aliphatic rings. The first-order valence-electron chi connectivity index (χ1n) is 12.1. The van der Waals surface area contributed by atoms with Crippen molar-refractivity contribution in [2.75, 3.05) is 18.4 Å². The average molecular weight is 445 g/mol. The van der Waals surface area contributed by atoms with Crippen LogP contribution >= 0.6 is 0 Å². The Morgan fingerprint density at radius 3 is 2.67 bits per heavy atom. The molecule has 2 heterocycles. The number of likely N-dealkylation sites (tertiary alicyclic amines) is 1. The number of hydrogen-bond acceptors (Lipinski definition) is 2. The highest BCUT2D eigenvalue weighted by molar-refractivity contribution is 5.90. The molecule has 0 spiro atoms. The van der Waals surface area contributed by atoms with E-state index >= 15 is 0 Å². The van der Waals surface area contributed by atoms with Gasteiger partial charge in [-0.05, 0) is 80.8 Å². The molecule has 1 aliphatic heterocycles. The molecule has 1 unspecified atom stereocenters. The Bertz CT molecular complexity index is 1160. The molecule has 1 fully saturated rings. The van der Waals surface area contributed by atoms with Crippen LogP contribution in [0.3, 0.4) is 0 Å². The lowest BCUT2D eigenvalue weighted by Crippen LogP contribution is -2.41. The lowest BCUT2D eigenvalue weighted by atomic mass is 9.91. The molecular weight excluding hydrogens is 412 g/mol. The van der Waals surface area contributed by atoms with Gasteiger partial charge in [-0.25, -0.2) is 4.79 Å². The SMILES string of the molecule is Cc1ccc2[nH]c3c(c2c1)CC(NC(=O)Nc1ccc(CCC(=O)N2CCCC2)cc1)CC3. The minimum atomic E-state index is -0.170. The molecule has 2 aromatic carbocycles. The number of aromatic nitrogens is 1. The molecule has 0 radical (unpaired) electrons. The van der Waals surface area contributed by atoms with Crippen LogP contribution in [-0.4, -0.2) is 41.0 Å². The van der Waals surface area contributed by atoms with Gasteiger partial charge in [0.15, 0.2) is 0 Å². The molecule has 1 atom stereocenters. The van der Waals surface area contributed by atoms with Crippen LogP contribution < -0.4 is 10.6 Å². The first-order valence-corrected chi connectivity index (χ1v) is 12.1. The van der Waals surface area contributed by atoms with Crippen molar-refractivity contribution in [3.8, 4) is 0 Å². The second kappa shape index (κ2) is 9.30. The van der Waals surface area contributed by atoms with E-state index in [1.807, 2.05) is 29.2 Å². The monoisotopic (exact) mass is 444 g/mol. The van der Waals surface area contributed by atoms with Crippen LogP contribution in [0.2, 0.25) is 0 Å². The molecule has 1 aromatic heterocycles. The van der Waals surface area contributed by atoms with E-state index in [4.69, 9.17) is 0 Å². The van der Waals surface area contributed by atoms with Gasteiger partial charge in [-0.3, -0.25) is 4.79 Å². The molecule has 1 aliphatic carbocycles. The summed E-state index contributed by atoms with van der Waals surface area (Å²) in [5.74, 6) is 0.245. The number of amides is 3. The summed E-state index contributed by atoms with van der Waals surface area (Å²) >= 11 is 0. The number of hydrogen-bond donors (Lipinski definition) is 3. The van der Waals surface area contributed by atoms with E-state index < -0.39 is 0 Å². The summed E-state index contributed by atoms with van der Waals surface area (Å²) in [5.41, 5.74) is 6.94. The minimum Gasteiger partial charge on any atom is -0.358 e. The third-order valence-electron chi connectivity index (χ3n) is 6.98. The number of urea groups is 1. The zero-order valence-corrected chi connectivity index (χ0v) is 19.2. The number of carbonyl (C=O) groups is 2. The summed E-state index contributed by atoms with van der Waals surface area (Å²) < 4.78 is 0. The van der Waals surface area contributed by atoms with Gasteiger partial charge in [-0.1, -0.05) is 23.8 Å². The maximum absolute atomic E-state index is 12.6. The predicted octanol–water partition coefficient (Wildman–Crippen LogP) is 4.71. The summed E-state index contributed by atoms with van der Waals surface area (Å²) in [6, 6.07) is 14.3. The third-order valence-corrected chi connectivity index (χ3v) is 6.98. The van der Waals surface area contributed by atoms with Gasteiger partial charge in [0.1, 0.15) is 0 Å². The van der Waals surface area contributed by atoms with Gasteiger partial charge < -0.3 is 20.5 Å². The van der Waals surface area contributed by atoms with Crippen molar-refractivity contribution in [2.24, 2.45) is 0 Å². The van der Waals surface area contributed by atoms with Gasteiger partial charge in [0.05, 0.1) is 0 Å². The Labute approximate surface area is 194 Å². The number of H-pyrrole nitrogens is 1. The zero-order chi connectivity index (χ0) is 22.8. The van der Waals surface area contributed by atoms with E-state index in [2.05, 4.69) is 40.7 Å². The predicted molar refractivity (Wildman–Crippen MR) is 132 cm³/mol. The van der Waals surface area contributed by atoms with Gasteiger partial charge in [0, 0.05) is 47.8 Å². The lowest BCUT2D eigenvalue weighted by Gasteiger charge is -2.24. The minimum absolute atomic E-state index is 0.118. The summed E-state index contributed by atoms with van der Waals surface area (Å²) in [7, 11) is 0. The number of anilines is 1. The van der Waals surface area contributed by atoms with Crippen molar-refractivity contribution in [1.29, 1.82) is 0 Å². The zero-order valence-electron chi connectivity index (χ0n) is 19.2. The van der Waals surface area contributed by atoms with E-state index in [0.29, 0.717) is 6.42 Å². The van der Waals surface area contributed by atoms with Gasteiger partial charge in [-0.2, -0.15) is 0 Å². The van der Waals surface area contributed by atoms with Crippen LogP contribution in [0, 0.1) is 6.92 Å². The topological polar surface area (TPSA) is 77.2 Å². The van der Waals surface area contributed by atoms with Crippen LogP contribution in [-0.2, 0) is 24.1 Å². The number of rotatable bonds is 5. The van der Waals surface area contributed by atoms with Crippen molar-refractivity contribution in [2.45, 2.75) is 57.9 Å². The van der Waals surface area contributed by atoms with Gasteiger partial charge in [0.2, 0.25) is 5.91 Å². The molecule has 1 saturated heterocycles. The highest BCUT2D eigenvalue weighted by Crippen LogP contribution is 2.30. The Morgan fingerprint density at radius 1 is 1.09 bits per heavy atom. The Balaban J connectivity index is 1.13. The lowest BCUT2D eigenvalue weighted by molar-refractivity contribution is -0.130. The number of carbonyl (C=O) groups excluding carboxylic acids is 2. The molecule has 0 saturated carbocycles. The van der Waals surface area contributed by atoms with E-state index in [1.54, 1.807) is 0 Å². The molecule has 3 amide bonds.